The van der Waals surface area contributed by atoms with Gasteiger partial charge in [0.15, 0.2) is 0 Å². The van der Waals surface area contributed by atoms with Crippen molar-refractivity contribution in [3.05, 3.63) is 96.1 Å². The molecule has 5 rings (SSSR count). The lowest BCUT2D eigenvalue weighted by Crippen LogP contribution is -2.15. The fourth-order valence-electron chi connectivity index (χ4n) is 3.44. The van der Waals surface area contributed by atoms with Gasteiger partial charge in [0.05, 0.1) is 11.7 Å². The van der Waals surface area contributed by atoms with E-state index in [1.165, 1.54) is 0 Å². The number of carbonyl (C=O) groups excluding carboxylic acids is 1. The molecule has 0 saturated carbocycles. The standard InChI is InChI=1S/C24H20N6O/c1-16-9-10-17(13-26-24-27-14-18-6-2-3-7-19(18)29-24)12-20(16)28-23(31)21-15-25-22-8-4-5-11-30(21)22/h2-12,14-15H,13H2,1H3,(H,28,31)(H,26,27,29). The smallest absolute Gasteiger partial charge is 0.274 e. The Labute approximate surface area is 178 Å². The molecule has 3 aromatic heterocycles. The Balaban J connectivity index is 1.33. The third kappa shape index (κ3) is 3.81. The zero-order valence-electron chi connectivity index (χ0n) is 16.9. The summed E-state index contributed by atoms with van der Waals surface area (Å²) in [5.41, 5.74) is 4.86. The highest BCUT2D eigenvalue weighted by atomic mass is 16.1. The third-order valence-electron chi connectivity index (χ3n) is 5.14. The van der Waals surface area contributed by atoms with Crippen LogP contribution in [0.2, 0.25) is 0 Å². The molecule has 7 nitrogen and oxygen atoms in total. The number of aryl methyl sites for hydroxylation is 1. The lowest BCUT2D eigenvalue weighted by molar-refractivity contribution is 0.102. The maximum absolute atomic E-state index is 12.8. The van der Waals surface area contributed by atoms with Gasteiger partial charge in [-0.2, -0.15) is 0 Å². The lowest BCUT2D eigenvalue weighted by Gasteiger charge is -2.11. The van der Waals surface area contributed by atoms with E-state index >= 15 is 0 Å². The molecule has 152 valence electrons. The van der Waals surface area contributed by atoms with Crippen LogP contribution in [-0.2, 0) is 6.54 Å². The fourth-order valence-corrected chi connectivity index (χ4v) is 3.44. The summed E-state index contributed by atoms with van der Waals surface area (Å²) in [6.45, 7) is 2.50. The molecule has 0 fully saturated rings. The van der Waals surface area contributed by atoms with E-state index in [4.69, 9.17) is 0 Å². The molecule has 0 bridgehead atoms. The fraction of sp³-hybridized carbons (Fsp3) is 0.0833. The number of nitrogens with zero attached hydrogens (tertiary/aromatic N) is 4. The molecule has 0 saturated heterocycles. The molecule has 3 heterocycles. The Kier molecular flexibility index (Phi) is 4.76. The van der Waals surface area contributed by atoms with Crippen LogP contribution in [0.15, 0.2) is 79.3 Å². The first-order chi connectivity index (χ1) is 15.2. The average molecular weight is 408 g/mol. The summed E-state index contributed by atoms with van der Waals surface area (Å²) in [6, 6.07) is 19.5. The van der Waals surface area contributed by atoms with Crippen LogP contribution in [0.5, 0.6) is 0 Å². The van der Waals surface area contributed by atoms with Crippen molar-refractivity contribution in [1.82, 2.24) is 19.4 Å². The summed E-state index contributed by atoms with van der Waals surface area (Å²) < 4.78 is 1.77. The van der Waals surface area contributed by atoms with Crippen LogP contribution in [0.1, 0.15) is 21.6 Å². The molecule has 0 aliphatic rings. The van der Waals surface area contributed by atoms with Gasteiger partial charge in [-0.1, -0.05) is 36.4 Å². The molecule has 7 heteroatoms. The lowest BCUT2D eigenvalue weighted by atomic mass is 10.1. The molecule has 2 aromatic carbocycles. The number of rotatable bonds is 5. The Hall–Kier alpha value is -4.26. The summed E-state index contributed by atoms with van der Waals surface area (Å²) in [4.78, 5) is 26.0. The van der Waals surface area contributed by atoms with Gasteiger partial charge in [-0.3, -0.25) is 9.20 Å². The van der Waals surface area contributed by atoms with Gasteiger partial charge in [0, 0.05) is 30.0 Å². The average Bonchev–Trinajstić information content (AvgIpc) is 3.24. The van der Waals surface area contributed by atoms with E-state index in [1.807, 2.05) is 73.8 Å². The van der Waals surface area contributed by atoms with Crippen LogP contribution in [-0.4, -0.2) is 25.3 Å². The second kappa shape index (κ2) is 7.87. The van der Waals surface area contributed by atoms with E-state index in [0.717, 1.165) is 33.4 Å². The topological polar surface area (TPSA) is 84.2 Å². The number of benzene rings is 2. The Morgan fingerprint density at radius 1 is 1.00 bits per heavy atom. The maximum Gasteiger partial charge on any atom is 0.274 e. The number of carbonyl (C=O) groups is 1. The number of fused-ring (bicyclic) bond motifs is 2. The molecule has 0 atom stereocenters. The van der Waals surface area contributed by atoms with Gasteiger partial charge in [0.25, 0.3) is 5.91 Å². The highest BCUT2D eigenvalue weighted by molar-refractivity contribution is 6.03. The van der Waals surface area contributed by atoms with Crippen LogP contribution >= 0.6 is 0 Å². The number of hydrogen-bond acceptors (Lipinski definition) is 5. The number of pyridine rings is 1. The molecule has 5 aromatic rings. The molecular weight excluding hydrogens is 388 g/mol. The molecule has 1 amide bonds. The molecular formula is C24H20N6O. The van der Waals surface area contributed by atoms with Gasteiger partial charge in [0.2, 0.25) is 5.95 Å². The first kappa shape index (κ1) is 18.7. The number of amides is 1. The molecule has 0 aliphatic heterocycles. The molecule has 0 unspecified atom stereocenters. The number of nitrogens with one attached hydrogen (secondary N) is 2. The van der Waals surface area contributed by atoms with Crippen LogP contribution in [0.4, 0.5) is 11.6 Å². The summed E-state index contributed by atoms with van der Waals surface area (Å²) >= 11 is 0. The zero-order chi connectivity index (χ0) is 21.2. The summed E-state index contributed by atoms with van der Waals surface area (Å²) in [5.74, 6) is 0.361. The van der Waals surface area contributed by atoms with Gasteiger partial charge in [-0.05, 0) is 42.3 Å². The minimum atomic E-state index is -0.204. The van der Waals surface area contributed by atoms with Crippen LogP contribution < -0.4 is 10.6 Å². The number of anilines is 2. The SMILES string of the molecule is Cc1ccc(CNc2ncc3ccccc3n2)cc1NC(=O)c1cnc2ccccn12. The highest BCUT2D eigenvalue weighted by Crippen LogP contribution is 2.19. The van der Waals surface area contributed by atoms with Crippen molar-refractivity contribution < 1.29 is 4.79 Å². The van der Waals surface area contributed by atoms with Gasteiger partial charge >= 0.3 is 0 Å². The van der Waals surface area contributed by atoms with E-state index in [9.17, 15) is 4.79 Å². The van der Waals surface area contributed by atoms with E-state index in [0.29, 0.717) is 18.2 Å². The minimum Gasteiger partial charge on any atom is -0.350 e. The van der Waals surface area contributed by atoms with Gasteiger partial charge in [0.1, 0.15) is 11.3 Å². The van der Waals surface area contributed by atoms with E-state index in [1.54, 1.807) is 16.8 Å². The van der Waals surface area contributed by atoms with Crippen LogP contribution in [0.25, 0.3) is 16.6 Å². The molecule has 0 aliphatic carbocycles. The van der Waals surface area contributed by atoms with Crippen molar-refractivity contribution in [1.29, 1.82) is 0 Å². The molecule has 0 spiro atoms. The predicted molar refractivity (Wildman–Crippen MR) is 121 cm³/mol. The van der Waals surface area contributed by atoms with E-state index in [2.05, 4.69) is 25.6 Å². The van der Waals surface area contributed by atoms with Crippen molar-refractivity contribution in [2.45, 2.75) is 13.5 Å². The monoisotopic (exact) mass is 408 g/mol. The zero-order valence-corrected chi connectivity index (χ0v) is 16.9. The minimum absolute atomic E-state index is 0.204. The van der Waals surface area contributed by atoms with E-state index < -0.39 is 0 Å². The Bertz CT molecular complexity index is 1410. The van der Waals surface area contributed by atoms with Crippen molar-refractivity contribution in [2.24, 2.45) is 0 Å². The van der Waals surface area contributed by atoms with Gasteiger partial charge in [-0.15, -0.1) is 0 Å². The first-order valence-electron chi connectivity index (χ1n) is 9.96. The highest BCUT2D eigenvalue weighted by Gasteiger charge is 2.13. The first-order valence-corrected chi connectivity index (χ1v) is 9.96. The predicted octanol–water partition coefficient (Wildman–Crippen LogP) is 4.45. The largest absolute Gasteiger partial charge is 0.350 e. The van der Waals surface area contributed by atoms with Gasteiger partial charge in [-0.25, -0.2) is 15.0 Å². The number of hydrogen-bond donors (Lipinski definition) is 2. The Morgan fingerprint density at radius 3 is 2.81 bits per heavy atom. The summed E-state index contributed by atoms with van der Waals surface area (Å²) in [5, 5.41) is 7.27. The number of aromatic nitrogens is 4. The summed E-state index contributed by atoms with van der Waals surface area (Å²) in [6.07, 6.45) is 5.22. The molecule has 31 heavy (non-hydrogen) atoms. The van der Waals surface area contributed by atoms with Crippen LogP contribution in [0, 0.1) is 6.92 Å². The van der Waals surface area contributed by atoms with Crippen molar-refractivity contribution in [2.75, 3.05) is 10.6 Å². The van der Waals surface area contributed by atoms with Gasteiger partial charge < -0.3 is 10.6 Å². The molecule has 2 N–H and O–H groups in total. The summed E-state index contributed by atoms with van der Waals surface area (Å²) in [7, 11) is 0. The van der Waals surface area contributed by atoms with Crippen molar-refractivity contribution in [3.63, 3.8) is 0 Å². The number of imidazole rings is 1. The van der Waals surface area contributed by atoms with E-state index in [-0.39, 0.29) is 5.91 Å². The normalized spacial score (nSPS) is 11.0. The quantitative estimate of drug-likeness (QED) is 0.449. The maximum atomic E-state index is 12.8. The van der Waals surface area contributed by atoms with Crippen molar-refractivity contribution >= 4 is 34.1 Å². The van der Waals surface area contributed by atoms with Crippen molar-refractivity contribution in [3.8, 4) is 0 Å². The second-order valence-electron chi connectivity index (χ2n) is 7.28. The van der Waals surface area contributed by atoms with Crippen LogP contribution in [0.3, 0.4) is 0 Å². The third-order valence-corrected chi connectivity index (χ3v) is 5.14. The number of para-hydroxylation sites is 1. The molecule has 0 radical (unpaired) electrons. The Morgan fingerprint density at radius 2 is 1.87 bits per heavy atom. The second-order valence-corrected chi connectivity index (χ2v) is 7.28.